The molecule has 4 nitrogen and oxygen atoms in total. The summed E-state index contributed by atoms with van der Waals surface area (Å²) in [5, 5.41) is 3.11. The van der Waals surface area contributed by atoms with E-state index in [9.17, 15) is 4.79 Å². The molecule has 1 amide bonds. The Balaban J connectivity index is 1.76. The van der Waals surface area contributed by atoms with E-state index in [-0.39, 0.29) is 18.1 Å². The Bertz CT molecular complexity index is 682. The number of hydrogen-bond acceptors (Lipinski definition) is 3. The standard InChI is InChI=1S/C19H22N2O2/c1-13-7-9-14(10-8-13)18-17(6-3-11-23-18)21-19(22)15-4-2-5-16(20)12-15/h2,4-5,7-10,12,17-18H,3,6,11,20H2,1H3,(H,21,22). The molecule has 4 heteroatoms. The molecular weight excluding hydrogens is 288 g/mol. The van der Waals surface area contributed by atoms with Crippen molar-refractivity contribution >= 4 is 11.6 Å². The van der Waals surface area contributed by atoms with Crippen LogP contribution in [0.4, 0.5) is 5.69 Å². The van der Waals surface area contributed by atoms with Gasteiger partial charge in [0.15, 0.2) is 0 Å². The van der Waals surface area contributed by atoms with E-state index in [1.807, 2.05) is 0 Å². The Morgan fingerprint density at radius 3 is 2.74 bits per heavy atom. The highest BCUT2D eigenvalue weighted by molar-refractivity contribution is 5.95. The molecular formula is C19H22N2O2. The maximum absolute atomic E-state index is 12.5. The quantitative estimate of drug-likeness (QED) is 0.856. The SMILES string of the molecule is Cc1ccc(C2OCCCC2NC(=O)c2cccc(N)c2)cc1. The van der Waals surface area contributed by atoms with E-state index in [1.165, 1.54) is 5.56 Å². The summed E-state index contributed by atoms with van der Waals surface area (Å²) in [6, 6.07) is 15.3. The van der Waals surface area contributed by atoms with Crippen LogP contribution in [-0.2, 0) is 4.74 Å². The minimum atomic E-state index is -0.107. The van der Waals surface area contributed by atoms with Crippen molar-refractivity contribution in [2.24, 2.45) is 0 Å². The van der Waals surface area contributed by atoms with Gasteiger partial charge in [0.1, 0.15) is 6.10 Å². The first-order valence-corrected chi connectivity index (χ1v) is 7.98. The van der Waals surface area contributed by atoms with Crippen molar-refractivity contribution in [1.82, 2.24) is 5.32 Å². The minimum absolute atomic E-state index is 0.0274. The van der Waals surface area contributed by atoms with Gasteiger partial charge in [-0.05, 0) is 43.5 Å². The predicted octanol–water partition coefficient (Wildman–Crippen LogP) is 3.23. The van der Waals surface area contributed by atoms with Gasteiger partial charge in [-0.1, -0.05) is 35.9 Å². The van der Waals surface area contributed by atoms with E-state index in [0.717, 1.165) is 25.0 Å². The molecule has 1 aliphatic heterocycles. The van der Waals surface area contributed by atoms with Crippen LogP contribution in [0.2, 0.25) is 0 Å². The van der Waals surface area contributed by atoms with Crippen LogP contribution < -0.4 is 11.1 Å². The van der Waals surface area contributed by atoms with Gasteiger partial charge in [0.05, 0.1) is 6.04 Å². The Morgan fingerprint density at radius 2 is 2.00 bits per heavy atom. The van der Waals surface area contributed by atoms with Gasteiger partial charge < -0.3 is 15.8 Å². The summed E-state index contributed by atoms with van der Waals surface area (Å²) in [6.07, 6.45) is 1.76. The molecule has 0 aromatic heterocycles. The zero-order valence-electron chi connectivity index (χ0n) is 13.3. The molecule has 1 saturated heterocycles. The van der Waals surface area contributed by atoms with Crippen molar-refractivity contribution in [2.45, 2.75) is 31.9 Å². The molecule has 2 atom stereocenters. The maximum Gasteiger partial charge on any atom is 0.251 e. The second kappa shape index (κ2) is 6.84. The van der Waals surface area contributed by atoms with Crippen LogP contribution in [0, 0.1) is 6.92 Å². The van der Waals surface area contributed by atoms with Gasteiger partial charge in [0.25, 0.3) is 5.91 Å². The summed E-state index contributed by atoms with van der Waals surface area (Å²) in [7, 11) is 0. The smallest absolute Gasteiger partial charge is 0.251 e. The molecule has 3 rings (SSSR count). The number of rotatable bonds is 3. The fraction of sp³-hybridized carbons (Fsp3) is 0.316. The molecule has 23 heavy (non-hydrogen) atoms. The topological polar surface area (TPSA) is 64.3 Å². The normalized spacial score (nSPS) is 20.9. The zero-order valence-corrected chi connectivity index (χ0v) is 13.3. The van der Waals surface area contributed by atoms with Crippen LogP contribution in [0.1, 0.15) is 40.4 Å². The summed E-state index contributed by atoms with van der Waals surface area (Å²) < 4.78 is 5.94. The number of carbonyl (C=O) groups excluding carboxylic acids is 1. The van der Waals surface area contributed by atoms with Crippen LogP contribution in [0.25, 0.3) is 0 Å². The van der Waals surface area contributed by atoms with Crippen molar-refractivity contribution in [3.05, 3.63) is 65.2 Å². The van der Waals surface area contributed by atoms with Crippen LogP contribution in [0.5, 0.6) is 0 Å². The molecule has 0 spiro atoms. The van der Waals surface area contributed by atoms with Crippen molar-refractivity contribution in [3.8, 4) is 0 Å². The number of amides is 1. The average Bonchev–Trinajstić information content (AvgIpc) is 2.56. The van der Waals surface area contributed by atoms with Crippen LogP contribution >= 0.6 is 0 Å². The highest BCUT2D eigenvalue weighted by atomic mass is 16.5. The minimum Gasteiger partial charge on any atom is -0.399 e. The van der Waals surface area contributed by atoms with Gasteiger partial charge in [0, 0.05) is 17.9 Å². The van der Waals surface area contributed by atoms with Gasteiger partial charge >= 0.3 is 0 Å². The number of aryl methyl sites for hydroxylation is 1. The van der Waals surface area contributed by atoms with Gasteiger partial charge in [-0.25, -0.2) is 0 Å². The lowest BCUT2D eigenvalue weighted by Gasteiger charge is -2.32. The van der Waals surface area contributed by atoms with Crippen molar-refractivity contribution in [1.29, 1.82) is 0 Å². The molecule has 1 aliphatic rings. The van der Waals surface area contributed by atoms with Crippen molar-refractivity contribution in [3.63, 3.8) is 0 Å². The van der Waals surface area contributed by atoms with E-state index in [1.54, 1.807) is 24.3 Å². The number of ether oxygens (including phenoxy) is 1. The van der Waals surface area contributed by atoms with Gasteiger partial charge in [-0.15, -0.1) is 0 Å². The molecule has 2 aromatic rings. The molecule has 2 unspecified atom stereocenters. The third-order valence-corrected chi connectivity index (χ3v) is 4.19. The van der Waals surface area contributed by atoms with E-state index >= 15 is 0 Å². The van der Waals surface area contributed by atoms with Crippen LogP contribution in [0.15, 0.2) is 48.5 Å². The first kappa shape index (κ1) is 15.6. The molecule has 0 radical (unpaired) electrons. The maximum atomic E-state index is 12.5. The molecule has 0 aliphatic carbocycles. The number of nitrogen functional groups attached to an aromatic ring is 1. The lowest BCUT2D eigenvalue weighted by molar-refractivity contribution is -0.00946. The molecule has 0 bridgehead atoms. The molecule has 3 N–H and O–H groups in total. The van der Waals surface area contributed by atoms with E-state index in [2.05, 4.69) is 36.5 Å². The Kier molecular flexibility index (Phi) is 4.63. The second-order valence-corrected chi connectivity index (χ2v) is 6.05. The highest BCUT2D eigenvalue weighted by Crippen LogP contribution is 2.29. The molecule has 1 heterocycles. The van der Waals surface area contributed by atoms with Gasteiger partial charge in [0.2, 0.25) is 0 Å². The fourth-order valence-corrected chi connectivity index (χ4v) is 2.95. The summed E-state index contributed by atoms with van der Waals surface area (Å²) in [5.41, 5.74) is 9.25. The van der Waals surface area contributed by atoms with Gasteiger partial charge in [-0.3, -0.25) is 4.79 Å². The molecule has 2 aromatic carbocycles. The third kappa shape index (κ3) is 3.71. The van der Waals surface area contributed by atoms with E-state index in [0.29, 0.717) is 11.3 Å². The van der Waals surface area contributed by atoms with Crippen molar-refractivity contribution < 1.29 is 9.53 Å². The van der Waals surface area contributed by atoms with Crippen molar-refractivity contribution in [2.75, 3.05) is 12.3 Å². The predicted molar refractivity (Wildman–Crippen MR) is 91.2 cm³/mol. The first-order chi connectivity index (χ1) is 11.1. The Morgan fingerprint density at radius 1 is 1.22 bits per heavy atom. The average molecular weight is 310 g/mol. The molecule has 120 valence electrons. The van der Waals surface area contributed by atoms with Crippen LogP contribution in [0.3, 0.4) is 0 Å². The second-order valence-electron chi connectivity index (χ2n) is 6.05. The number of nitrogens with one attached hydrogen (secondary N) is 1. The number of nitrogens with two attached hydrogens (primary N) is 1. The van der Waals surface area contributed by atoms with Gasteiger partial charge in [-0.2, -0.15) is 0 Å². The molecule has 1 fully saturated rings. The zero-order chi connectivity index (χ0) is 16.2. The van der Waals surface area contributed by atoms with E-state index < -0.39 is 0 Å². The monoisotopic (exact) mass is 310 g/mol. The number of carbonyl (C=O) groups is 1. The number of anilines is 1. The summed E-state index contributed by atoms with van der Waals surface area (Å²) in [5.74, 6) is -0.107. The largest absolute Gasteiger partial charge is 0.399 e. The lowest BCUT2D eigenvalue weighted by Crippen LogP contribution is -2.42. The Hall–Kier alpha value is -2.33. The Labute approximate surface area is 136 Å². The number of hydrogen-bond donors (Lipinski definition) is 2. The summed E-state index contributed by atoms with van der Waals surface area (Å²) in [4.78, 5) is 12.5. The molecule has 0 saturated carbocycles. The van der Waals surface area contributed by atoms with E-state index in [4.69, 9.17) is 10.5 Å². The lowest BCUT2D eigenvalue weighted by atomic mass is 9.95. The first-order valence-electron chi connectivity index (χ1n) is 7.98. The fourth-order valence-electron chi connectivity index (χ4n) is 2.95. The van der Waals surface area contributed by atoms with Crippen LogP contribution in [-0.4, -0.2) is 18.6 Å². The third-order valence-electron chi connectivity index (χ3n) is 4.19. The summed E-state index contributed by atoms with van der Waals surface area (Å²) in [6.45, 7) is 2.79. The number of benzene rings is 2. The highest BCUT2D eigenvalue weighted by Gasteiger charge is 2.29. The summed E-state index contributed by atoms with van der Waals surface area (Å²) >= 11 is 0.